The molecule has 0 saturated carbocycles. The van der Waals surface area contributed by atoms with E-state index < -0.39 is 5.91 Å². The van der Waals surface area contributed by atoms with E-state index in [1.807, 2.05) is 24.8 Å². The minimum atomic E-state index is -0.693. The molecule has 0 aliphatic carbocycles. The third kappa shape index (κ3) is 4.79. The van der Waals surface area contributed by atoms with Gasteiger partial charge in [0.25, 0.3) is 11.8 Å². The second kappa shape index (κ2) is 9.36. The zero-order valence-corrected chi connectivity index (χ0v) is 20.8. The standard InChI is InChI=1S/C24H22BrN5O2S/c1-13-22(14(2)30(29-13)12-15-4-7-17(33-3)8-5-15)28-24(32)19-11-21(23(26)31)27-20-9-6-16(25)10-18(19)20/h4-11H,12H2,1-3H3,(H2,26,31)(H,28,32). The minimum absolute atomic E-state index is 0.0350. The average molecular weight is 524 g/mol. The van der Waals surface area contributed by atoms with E-state index in [9.17, 15) is 9.59 Å². The molecule has 2 aromatic carbocycles. The quantitative estimate of drug-likeness (QED) is 0.348. The van der Waals surface area contributed by atoms with Crippen molar-refractivity contribution in [2.45, 2.75) is 25.3 Å². The number of aromatic nitrogens is 3. The lowest BCUT2D eigenvalue weighted by molar-refractivity contribution is 0.0996. The number of carbonyl (C=O) groups is 2. The first-order valence-electron chi connectivity index (χ1n) is 10.1. The molecule has 168 valence electrons. The molecule has 0 bridgehead atoms. The van der Waals surface area contributed by atoms with E-state index in [1.165, 1.54) is 11.0 Å². The summed E-state index contributed by atoms with van der Waals surface area (Å²) in [5, 5.41) is 8.21. The van der Waals surface area contributed by atoms with Crippen molar-refractivity contribution in [3.8, 4) is 0 Å². The van der Waals surface area contributed by atoms with Crippen LogP contribution in [0.15, 0.2) is 57.9 Å². The van der Waals surface area contributed by atoms with Gasteiger partial charge < -0.3 is 11.1 Å². The molecule has 33 heavy (non-hydrogen) atoms. The van der Waals surface area contributed by atoms with Gasteiger partial charge in [-0.05, 0) is 62.1 Å². The molecule has 0 aliphatic heterocycles. The highest BCUT2D eigenvalue weighted by Crippen LogP contribution is 2.26. The summed E-state index contributed by atoms with van der Waals surface area (Å²) in [7, 11) is 0. The van der Waals surface area contributed by atoms with Crippen LogP contribution in [0.3, 0.4) is 0 Å². The summed E-state index contributed by atoms with van der Waals surface area (Å²) >= 11 is 5.13. The lowest BCUT2D eigenvalue weighted by Gasteiger charge is -2.11. The lowest BCUT2D eigenvalue weighted by Crippen LogP contribution is -2.18. The van der Waals surface area contributed by atoms with Crippen molar-refractivity contribution < 1.29 is 9.59 Å². The van der Waals surface area contributed by atoms with Crippen molar-refractivity contribution in [2.75, 3.05) is 11.6 Å². The highest BCUT2D eigenvalue weighted by Gasteiger charge is 2.19. The fourth-order valence-corrected chi connectivity index (χ4v) is 4.40. The van der Waals surface area contributed by atoms with Crippen molar-refractivity contribution in [3.63, 3.8) is 0 Å². The molecule has 0 radical (unpaired) electrons. The van der Waals surface area contributed by atoms with Crippen LogP contribution in [0.1, 0.15) is 37.8 Å². The van der Waals surface area contributed by atoms with Crippen LogP contribution in [0.25, 0.3) is 10.9 Å². The Morgan fingerprint density at radius 3 is 2.52 bits per heavy atom. The number of anilines is 1. The lowest BCUT2D eigenvalue weighted by atomic mass is 10.1. The largest absolute Gasteiger partial charge is 0.364 e. The molecule has 7 nitrogen and oxygen atoms in total. The van der Waals surface area contributed by atoms with Gasteiger partial charge in [0.1, 0.15) is 5.69 Å². The number of carbonyl (C=O) groups excluding carboxylic acids is 2. The molecule has 9 heteroatoms. The molecule has 0 fully saturated rings. The zero-order chi connectivity index (χ0) is 23.7. The van der Waals surface area contributed by atoms with Gasteiger partial charge >= 0.3 is 0 Å². The number of aryl methyl sites for hydroxylation is 1. The van der Waals surface area contributed by atoms with Crippen LogP contribution < -0.4 is 11.1 Å². The number of primary amides is 1. The summed E-state index contributed by atoms with van der Waals surface area (Å²) < 4.78 is 2.67. The number of rotatable bonds is 6. The summed E-state index contributed by atoms with van der Waals surface area (Å²) in [6.45, 7) is 4.36. The highest BCUT2D eigenvalue weighted by atomic mass is 79.9. The van der Waals surface area contributed by atoms with Gasteiger partial charge in [-0.15, -0.1) is 11.8 Å². The second-order valence-corrected chi connectivity index (χ2v) is 9.38. The van der Waals surface area contributed by atoms with Crippen molar-refractivity contribution >= 4 is 56.1 Å². The molecule has 0 saturated heterocycles. The van der Waals surface area contributed by atoms with E-state index in [4.69, 9.17) is 5.73 Å². The number of thioether (sulfide) groups is 1. The third-order valence-corrected chi connectivity index (χ3v) is 6.62. The van der Waals surface area contributed by atoms with Crippen LogP contribution in [0.2, 0.25) is 0 Å². The molecule has 0 atom stereocenters. The third-order valence-electron chi connectivity index (χ3n) is 5.38. The molecule has 4 rings (SSSR count). The van der Waals surface area contributed by atoms with Gasteiger partial charge in [0.05, 0.1) is 34.7 Å². The van der Waals surface area contributed by atoms with Gasteiger partial charge in [-0.3, -0.25) is 14.3 Å². The molecule has 4 aromatic rings. The predicted octanol–water partition coefficient (Wildman–Crippen LogP) is 4.93. The number of pyridine rings is 1. The van der Waals surface area contributed by atoms with Crippen LogP contribution in [-0.4, -0.2) is 32.8 Å². The minimum Gasteiger partial charge on any atom is -0.364 e. The fraction of sp³-hybridized carbons (Fsp3) is 0.167. The number of hydrogen-bond donors (Lipinski definition) is 2. The first kappa shape index (κ1) is 23.0. The Labute approximate surface area is 203 Å². The monoisotopic (exact) mass is 523 g/mol. The van der Waals surface area contributed by atoms with Crippen LogP contribution in [0.5, 0.6) is 0 Å². The summed E-state index contributed by atoms with van der Waals surface area (Å²) in [5.74, 6) is -1.06. The number of fused-ring (bicyclic) bond motifs is 1. The van der Waals surface area contributed by atoms with Gasteiger partial charge in [-0.25, -0.2) is 4.98 Å². The molecule has 2 aromatic heterocycles. The fourth-order valence-electron chi connectivity index (χ4n) is 3.63. The summed E-state index contributed by atoms with van der Waals surface area (Å²) in [4.78, 5) is 30.6. The first-order chi connectivity index (χ1) is 15.8. The summed E-state index contributed by atoms with van der Waals surface area (Å²) in [6.07, 6.45) is 2.04. The summed E-state index contributed by atoms with van der Waals surface area (Å²) in [6, 6.07) is 15.1. The number of hydrogen-bond acceptors (Lipinski definition) is 5. The number of amides is 2. The van der Waals surface area contributed by atoms with Crippen LogP contribution in [0, 0.1) is 13.8 Å². The Morgan fingerprint density at radius 2 is 1.85 bits per heavy atom. The van der Waals surface area contributed by atoms with E-state index in [-0.39, 0.29) is 11.6 Å². The zero-order valence-electron chi connectivity index (χ0n) is 18.3. The van der Waals surface area contributed by atoms with E-state index >= 15 is 0 Å². The van der Waals surface area contributed by atoms with Gasteiger partial charge in [-0.2, -0.15) is 5.10 Å². The number of nitrogens with two attached hydrogens (primary N) is 1. The van der Waals surface area contributed by atoms with Crippen molar-refractivity contribution in [2.24, 2.45) is 5.73 Å². The molecule has 3 N–H and O–H groups in total. The number of nitrogens with zero attached hydrogens (tertiary/aromatic N) is 3. The topological polar surface area (TPSA) is 103 Å². The second-order valence-electron chi connectivity index (χ2n) is 7.59. The van der Waals surface area contributed by atoms with Crippen LogP contribution >= 0.6 is 27.7 Å². The first-order valence-corrected chi connectivity index (χ1v) is 12.2. The molecule has 0 aliphatic rings. The molecular formula is C24H22BrN5O2S. The molecular weight excluding hydrogens is 502 g/mol. The van der Waals surface area contributed by atoms with Crippen LogP contribution in [-0.2, 0) is 6.54 Å². The number of halogens is 1. The maximum absolute atomic E-state index is 13.3. The van der Waals surface area contributed by atoms with Crippen LogP contribution in [0.4, 0.5) is 5.69 Å². The Kier molecular flexibility index (Phi) is 6.53. The predicted molar refractivity (Wildman–Crippen MR) is 135 cm³/mol. The Morgan fingerprint density at radius 1 is 1.12 bits per heavy atom. The van der Waals surface area contributed by atoms with E-state index in [0.717, 1.165) is 15.7 Å². The van der Waals surface area contributed by atoms with Crippen molar-refractivity contribution in [1.82, 2.24) is 14.8 Å². The van der Waals surface area contributed by atoms with Crippen molar-refractivity contribution in [3.05, 3.63) is 81.2 Å². The van der Waals surface area contributed by atoms with E-state index in [1.54, 1.807) is 30.0 Å². The molecule has 0 unspecified atom stereocenters. The molecule has 2 heterocycles. The normalized spacial score (nSPS) is 11.0. The van der Waals surface area contributed by atoms with Gasteiger partial charge in [0, 0.05) is 14.8 Å². The smallest absolute Gasteiger partial charge is 0.267 e. The Balaban J connectivity index is 1.67. The average Bonchev–Trinajstić information content (AvgIpc) is 3.06. The number of nitrogens with one attached hydrogen (secondary N) is 1. The molecule has 0 spiro atoms. The van der Waals surface area contributed by atoms with E-state index in [2.05, 4.69) is 55.6 Å². The SMILES string of the molecule is CSc1ccc(Cn2nc(C)c(NC(=O)c3cc(C(N)=O)nc4ccc(Br)cc34)c2C)cc1. The maximum atomic E-state index is 13.3. The van der Waals surface area contributed by atoms with E-state index in [0.29, 0.717) is 34.4 Å². The van der Waals surface area contributed by atoms with Gasteiger partial charge in [-0.1, -0.05) is 28.1 Å². The Bertz CT molecular complexity index is 1380. The van der Waals surface area contributed by atoms with Gasteiger partial charge in [0.2, 0.25) is 0 Å². The molecule has 2 amide bonds. The van der Waals surface area contributed by atoms with Crippen molar-refractivity contribution in [1.29, 1.82) is 0 Å². The van der Waals surface area contributed by atoms with Gasteiger partial charge in [0.15, 0.2) is 0 Å². The highest BCUT2D eigenvalue weighted by molar-refractivity contribution is 9.10. The Hall–Kier alpha value is -3.17. The summed E-state index contributed by atoms with van der Waals surface area (Å²) in [5.41, 5.74) is 9.60. The maximum Gasteiger partial charge on any atom is 0.267 e. The number of benzene rings is 2.